The van der Waals surface area contributed by atoms with Crippen molar-refractivity contribution in [2.45, 2.75) is 25.9 Å². The molecule has 2 nitrogen and oxygen atoms in total. The topological polar surface area (TPSA) is 38.9 Å². The van der Waals surface area contributed by atoms with Crippen molar-refractivity contribution in [3.05, 3.63) is 23.5 Å². The Morgan fingerprint density at radius 1 is 1.29 bits per heavy atom. The van der Waals surface area contributed by atoms with Crippen molar-refractivity contribution in [1.29, 1.82) is 0 Å². The lowest BCUT2D eigenvalue weighted by molar-refractivity contribution is -0.141. The van der Waals surface area contributed by atoms with Gasteiger partial charge in [0.1, 0.15) is 5.69 Å². The van der Waals surface area contributed by atoms with Gasteiger partial charge in [0.05, 0.1) is 0 Å². The average Bonchev–Trinajstić information content (AvgIpc) is 2.01. The lowest BCUT2D eigenvalue weighted by Crippen LogP contribution is -2.11. The molecule has 0 saturated carbocycles. The highest BCUT2D eigenvalue weighted by Gasteiger charge is 2.33. The highest BCUT2D eigenvalue weighted by Crippen LogP contribution is 2.30. The van der Waals surface area contributed by atoms with Crippen LogP contribution < -0.4 is 5.73 Å². The first-order valence-electron chi connectivity index (χ1n) is 4.15. The highest BCUT2D eigenvalue weighted by molar-refractivity contribution is 5.41. The summed E-state index contributed by atoms with van der Waals surface area (Å²) in [6.07, 6.45) is -4.43. The van der Waals surface area contributed by atoms with Crippen LogP contribution in [-0.2, 0) is 6.18 Å². The highest BCUT2D eigenvalue weighted by atomic mass is 19.4. The fraction of sp³-hybridized carbons (Fsp3) is 0.444. The molecule has 1 heterocycles. The molecule has 0 radical (unpaired) electrons. The molecule has 1 aromatic heterocycles. The summed E-state index contributed by atoms with van der Waals surface area (Å²) < 4.78 is 36.9. The van der Waals surface area contributed by atoms with Crippen molar-refractivity contribution in [3.8, 4) is 0 Å². The molecule has 1 rings (SSSR count). The predicted octanol–water partition coefficient (Wildman–Crippen LogP) is 2.81. The van der Waals surface area contributed by atoms with Crippen molar-refractivity contribution in [2.75, 3.05) is 5.73 Å². The molecule has 0 aliphatic carbocycles. The van der Waals surface area contributed by atoms with E-state index < -0.39 is 11.9 Å². The van der Waals surface area contributed by atoms with Crippen molar-refractivity contribution in [1.82, 2.24) is 4.98 Å². The van der Waals surface area contributed by atoms with E-state index in [0.29, 0.717) is 5.69 Å². The van der Waals surface area contributed by atoms with Crippen LogP contribution in [0.4, 0.5) is 18.9 Å². The van der Waals surface area contributed by atoms with Crippen molar-refractivity contribution in [3.63, 3.8) is 0 Å². The summed E-state index contributed by atoms with van der Waals surface area (Å²) in [5.74, 6) is -0.0698. The number of nitrogens with two attached hydrogens (primary N) is 1. The Balaban J connectivity index is 3.21. The molecule has 14 heavy (non-hydrogen) atoms. The first-order chi connectivity index (χ1) is 6.30. The van der Waals surface area contributed by atoms with Gasteiger partial charge in [0, 0.05) is 11.4 Å². The van der Waals surface area contributed by atoms with Gasteiger partial charge in [-0.15, -0.1) is 0 Å². The van der Waals surface area contributed by atoms with Gasteiger partial charge in [-0.1, -0.05) is 13.8 Å². The van der Waals surface area contributed by atoms with Crippen molar-refractivity contribution >= 4 is 5.69 Å². The Hall–Kier alpha value is -1.26. The third kappa shape index (κ3) is 2.37. The number of pyridine rings is 1. The van der Waals surface area contributed by atoms with Crippen LogP contribution in [0.2, 0.25) is 0 Å². The molecule has 0 spiro atoms. The maximum Gasteiger partial charge on any atom is 0.433 e. The van der Waals surface area contributed by atoms with E-state index in [9.17, 15) is 13.2 Å². The maximum absolute atomic E-state index is 12.3. The summed E-state index contributed by atoms with van der Waals surface area (Å²) in [6, 6.07) is 2.30. The lowest BCUT2D eigenvalue weighted by atomic mass is 10.1. The van der Waals surface area contributed by atoms with Crippen LogP contribution >= 0.6 is 0 Å². The van der Waals surface area contributed by atoms with Crippen LogP contribution in [0.1, 0.15) is 31.2 Å². The number of anilines is 1. The average molecular weight is 204 g/mol. The summed E-state index contributed by atoms with van der Waals surface area (Å²) in [4.78, 5) is 3.50. The van der Waals surface area contributed by atoms with Gasteiger partial charge in [-0.05, 0) is 18.1 Å². The van der Waals surface area contributed by atoms with Gasteiger partial charge in [0.2, 0.25) is 0 Å². The van der Waals surface area contributed by atoms with E-state index in [1.165, 1.54) is 6.07 Å². The lowest BCUT2D eigenvalue weighted by Gasteiger charge is -2.11. The summed E-state index contributed by atoms with van der Waals surface area (Å²) in [5.41, 5.74) is 4.88. The summed E-state index contributed by atoms with van der Waals surface area (Å²) >= 11 is 0. The fourth-order valence-electron chi connectivity index (χ4n) is 1.01. The van der Waals surface area contributed by atoms with Gasteiger partial charge < -0.3 is 5.73 Å². The third-order valence-electron chi connectivity index (χ3n) is 1.75. The molecule has 0 aliphatic heterocycles. The number of alkyl halides is 3. The van der Waals surface area contributed by atoms with Gasteiger partial charge in [-0.3, -0.25) is 0 Å². The predicted molar refractivity (Wildman–Crippen MR) is 47.7 cm³/mol. The minimum absolute atomic E-state index is 0.0698. The van der Waals surface area contributed by atoms with E-state index in [2.05, 4.69) is 4.98 Å². The molecule has 78 valence electrons. The van der Waals surface area contributed by atoms with E-state index in [0.717, 1.165) is 6.07 Å². The zero-order valence-electron chi connectivity index (χ0n) is 7.89. The zero-order chi connectivity index (χ0) is 10.9. The van der Waals surface area contributed by atoms with Crippen LogP contribution in [0.15, 0.2) is 12.1 Å². The summed E-state index contributed by atoms with van der Waals surface area (Å²) in [5, 5.41) is 0. The third-order valence-corrected chi connectivity index (χ3v) is 1.75. The molecule has 0 bridgehead atoms. The number of aromatic nitrogens is 1. The Morgan fingerprint density at radius 3 is 2.29 bits per heavy atom. The van der Waals surface area contributed by atoms with E-state index in [1.807, 2.05) is 0 Å². The van der Waals surface area contributed by atoms with Crippen LogP contribution in [0.5, 0.6) is 0 Å². The van der Waals surface area contributed by atoms with E-state index in [-0.39, 0.29) is 11.6 Å². The number of halogens is 3. The summed E-state index contributed by atoms with van der Waals surface area (Å²) in [6.45, 7) is 3.53. The van der Waals surface area contributed by atoms with Crippen molar-refractivity contribution < 1.29 is 13.2 Å². The molecule has 0 atom stereocenters. The minimum atomic E-state index is -4.43. The van der Waals surface area contributed by atoms with Crippen molar-refractivity contribution in [2.24, 2.45) is 0 Å². The van der Waals surface area contributed by atoms with Gasteiger partial charge in [0.25, 0.3) is 0 Å². The molecule has 0 amide bonds. The number of hydrogen-bond acceptors (Lipinski definition) is 2. The monoisotopic (exact) mass is 204 g/mol. The maximum atomic E-state index is 12.3. The second-order valence-electron chi connectivity index (χ2n) is 3.36. The minimum Gasteiger partial charge on any atom is -0.399 e. The molecule has 2 N–H and O–H groups in total. The number of nitrogens with zero attached hydrogens (tertiary/aromatic N) is 1. The Kier molecular flexibility index (Phi) is 2.69. The molecule has 0 aromatic carbocycles. The Morgan fingerprint density at radius 2 is 1.86 bits per heavy atom. The first-order valence-corrected chi connectivity index (χ1v) is 4.15. The van der Waals surface area contributed by atoms with Gasteiger partial charge in [-0.25, -0.2) is 4.98 Å². The van der Waals surface area contributed by atoms with Gasteiger partial charge >= 0.3 is 6.18 Å². The number of rotatable bonds is 1. The molecule has 0 saturated heterocycles. The normalized spacial score (nSPS) is 12.1. The first kappa shape index (κ1) is 10.8. The largest absolute Gasteiger partial charge is 0.433 e. The van der Waals surface area contributed by atoms with E-state index in [1.54, 1.807) is 13.8 Å². The molecule has 0 fully saturated rings. The van der Waals surface area contributed by atoms with Gasteiger partial charge in [0.15, 0.2) is 0 Å². The molecule has 5 heteroatoms. The van der Waals surface area contributed by atoms with Crippen LogP contribution in [-0.4, -0.2) is 4.98 Å². The Bertz CT molecular complexity index is 331. The molecule has 0 unspecified atom stereocenters. The number of hydrogen-bond donors (Lipinski definition) is 1. The van der Waals surface area contributed by atoms with Gasteiger partial charge in [-0.2, -0.15) is 13.2 Å². The number of nitrogen functional groups attached to an aromatic ring is 1. The van der Waals surface area contributed by atoms with Crippen LogP contribution in [0.3, 0.4) is 0 Å². The van der Waals surface area contributed by atoms with Crippen LogP contribution in [0.25, 0.3) is 0 Å². The standard InChI is InChI=1S/C9H11F3N2/c1-5(2)7-3-6(13)4-8(14-7)9(10,11)12/h3-5H,1-2H3,(H2,13,14). The second kappa shape index (κ2) is 3.48. The van der Waals surface area contributed by atoms with Crippen LogP contribution in [0, 0.1) is 0 Å². The Labute approximate surface area is 79.9 Å². The second-order valence-corrected chi connectivity index (χ2v) is 3.36. The molecular formula is C9H11F3N2. The molecule has 0 aliphatic rings. The van der Waals surface area contributed by atoms with E-state index >= 15 is 0 Å². The zero-order valence-corrected chi connectivity index (χ0v) is 7.89. The SMILES string of the molecule is CC(C)c1cc(N)cc(C(F)(F)F)n1. The quantitative estimate of drug-likeness (QED) is 0.763. The fourth-order valence-corrected chi connectivity index (χ4v) is 1.01. The van der Waals surface area contributed by atoms with E-state index in [4.69, 9.17) is 5.73 Å². The smallest absolute Gasteiger partial charge is 0.399 e. The summed E-state index contributed by atoms with van der Waals surface area (Å²) in [7, 11) is 0. The molecule has 1 aromatic rings. The molecular weight excluding hydrogens is 193 g/mol.